The van der Waals surface area contributed by atoms with Gasteiger partial charge in [0.05, 0.1) is 39.9 Å². The van der Waals surface area contributed by atoms with E-state index >= 15 is 0 Å². The van der Waals surface area contributed by atoms with Crippen molar-refractivity contribution in [1.82, 2.24) is 5.32 Å². The number of rotatable bonds is 76. The summed E-state index contributed by atoms with van der Waals surface area (Å²) >= 11 is 0. The molecule has 0 spiro atoms. The minimum atomic E-state index is -4.33. The lowest BCUT2D eigenvalue weighted by molar-refractivity contribution is -0.870. The number of hydrogen-bond donors (Lipinski definition) is 3. The number of carbonyl (C=O) groups is 1. The molecule has 91 heavy (non-hydrogen) atoms. The summed E-state index contributed by atoms with van der Waals surface area (Å²) in [6.45, 7) is 4.84. The summed E-state index contributed by atoms with van der Waals surface area (Å²) in [5.41, 5.74) is 0. The number of aliphatic hydroxyl groups excluding tert-OH is 1. The molecule has 538 valence electrons. The molecule has 0 saturated carbocycles. The number of carbonyl (C=O) groups excluding carboxylic acids is 1. The maximum atomic E-state index is 13.1. The molecule has 0 aromatic carbocycles. The van der Waals surface area contributed by atoms with E-state index in [4.69, 9.17) is 9.05 Å². The van der Waals surface area contributed by atoms with Crippen LogP contribution in [0.2, 0.25) is 0 Å². The first kappa shape index (κ1) is 89.5. The van der Waals surface area contributed by atoms with Gasteiger partial charge in [-0.25, -0.2) is 4.57 Å². The minimum absolute atomic E-state index is 0.0776. The number of amides is 1. The van der Waals surface area contributed by atoms with Crippen LogP contribution in [-0.4, -0.2) is 73.4 Å². The van der Waals surface area contributed by atoms with Crippen LogP contribution in [0.3, 0.4) is 0 Å². The number of likely N-dealkylation sites (N-methyl/N-ethyl adjacent to an activating group) is 1. The van der Waals surface area contributed by atoms with Gasteiger partial charge in [0.2, 0.25) is 5.91 Å². The third kappa shape index (κ3) is 75.7. The van der Waals surface area contributed by atoms with Crippen LogP contribution in [0.4, 0.5) is 0 Å². The van der Waals surface area contributed by atoms with Crippen molar-refractivity contribution in [1.29, 1.82) is 0 Å². The van der Waals surface area contributed by atoms with Crippen LogP contribution in [0.25, 0.3) is 0 Å². The van der Waals surface area contributed by atoms with Crippen molar-refractivity contribution < 1.29 is 32.9 Å². The zero-order valence-electron chi connectivity index (χ0n) is 61.9. The number of phosphoric acid groups is 1. The third-order valence-electron chi connectivity index (χ3n) is 18.8. The smallest absolute Gasteiger partial charge is 0.391 e. The molecule has 0 bridgehead atoms. The average molecular weight is 1300 g/mol. The molecule has 0 fully saturated rings. The van der Waals surface area contributed by atoms with E-state index in [1.165, 1.54) is 327 Å². The summed E-state index contributed by atoms with van der Waals surface area (Å²) in [4.78, 5) is 23.5. The van der Waals surface area contributed by atoms with E-state index in [0.717, 1.165) is 64.2 Å². The average Bonchev–Trinajstić information content (AvgIpc) is 3.59. The molecule has 0 heterocycles. The topological polar surface area (TPSA) is 105 Å². The van der Waals surface area contributed by atoms with Gasteiger partial charge in [0.25, 0.3) is 0 Å². The minimum Gasteiger partial charge on any atom is -0.391 e. The van der Waals surface area contributed by atoms with Gasteiger partial charge >= 0.3 is 7.82 Å². The predicted octanol–water partition coefficient (Wildman–Crippen LogP) is 26.5. The number of nitrogens with zero attached hydrogens (tertiary/aromatic N) is 1. The van der Waals surface area contributed by atoms with Crippen LogP contribution in [0.5, 0.6) is 0 Å². The second-order valence-electron chi connectivity index (χ2n) is 29.1. The Labute approximate surface area is 569 Å². The van der Waals surface area contributed by atoms with Crippen molar-refractivity contribution in [3.8, 4) is 0 Å². The molecule has 3 atom stereocenters. The van der Waals surface area contributed by atoms with Crippen LogP contribution in [-0.2, 0) is 18.4 Å². The van der Waals surface area contributed by atoms with E-state index < -0.39 is 20.0 Å². The molecular formula is C82H160N2O6P+. The van der Waals surface area contributed by atoms with Crippen molar-refractivity contribution in [3.63, 3.8) is 0 Å². The Balaban J connectivity index is 3.87. The zero-order chi connectivity index (χ0) is 66.2. The second-order valence-corrected chi connectivity index (χ2v) is 30.6. The van der Waals surface area contributed by atoms with E-state index in [1.807, 2.05) is 21.1 Å². The van der Waals surface area contributed by atoms with Gasteiger partial charge in [-0.05, 0) is 51.4 Å². The van der Waals surface area contributed by atoms with Crippen LogP contribution < -0.4 is 5.32 Å². The predicted molar refractivity (Wildman–Crippen MR) is 401 cm³/mol. The lowest BCUT2D eigenvalue weighted by atomic mass is 10.0. The number of nitrogens with one attached hydrogen (secondary N) is 1. The number of phosphoric ester groups is 1. The van der Waals surface area contributed by atoms with Gasteiger partial charge in [0.1, 0.15) is 13.2 Å². The summed E-state index contributed by atoms with van der Waals surface area (Å²) in [6.07, 6.45) is 99.8. The summed E-state index contributed by atoms with van der Waals surface area (Å²) in [6, 6.07) is -0.761. The van der Waals surface area contributed by atoms with Crippen molar-refractivity contribution in [3.05, 3.63) is 48.6 Å². The zero-order valence-corrected chi connectivity index (χ0v) is 62.8. The molecule has 0 aromatic heterocycles. The van der Waals surface area contributed by atoms with Gasteiger partial charge in [0, 0.05) is 6.42 Å². The fourth-order valence-corrected chi connectivity index (χ4v) is 13.4. The summed E-state index contributed by atoms with van der Waals surface area (Å²) in [5, 5.41) is 14.2. The Morgan fingerprint density at radius 3 is 0.967 bits per heavy atom. The number of allylic oxidation sites excluding steroid dienone is 8. The molecule has 0 saturated heterocycles. The van der Waals surface area contributed by atoms with Gasteiger partial charge < -0.3 is 19.8 Å². The molecule has 0 aliphatic rings. The molecule has 0 aromatic rings. The first-order valence-corrected chi connectivity index (χ1v) is 42.0. The molecule has 3 unspecified atom stereocenters. The standard InChI is InChI=1S/C82H159N2O6P/c1-6-8-10-12-14-16-18-20-22-24-26-28-30-32-34-36-37-38-39-40-41-42-43-44-45-46-47-48-50-52-54-56-58-60-62-64-66-68-70-72-74-76-82(86)83-80(79-90-91(87,88)89-78-77-84(3,4)5)81(85)75-73-71-69-67-65-63-61-59-57-55-53-51-49-35-33-31-29-27-25-23-21-19-17-15-13-11-9-7-2/h8,10,14,16,20,22,26,28,80-81,85H,6-7,9,11-13,15,17-19,21,23-25,27,29-79H2,1-5H3,(H-,83,86,87,88)/p+1/b10-8-,16-14-,22-20-,28-26-. The van der Waals surface area contributed by atoms with Crippen LogP contribution >= 0.6 is 7.82 Å². The fraction of sp³-hybridized carbons (Fsp3) is 0.890. The van der Waals surface area contributed by atoms with Gasteiger partial charge in [-0.3, -0.25) is 13.8 Å². The summed E-state index contributed by atoms with van der Waals surface area (Å²) < 4.78 is 24.0. The third-order valence-corrected chi connectivity index (χ3v) is 19.8. The van der Waals surface area contributed by atoms with E-state index in [2.05, 4.69) is 67.8 Å². The van der Waals surface area contributed by atoms with Gasteiger partial charge in [0.15, 0.2) is 0 Å². The van der Waals surface area contributed by atoms with Crippen LogP contribution in [0.1, 0.15) is 418 Å². The molecule has 0 aliphatic heterocycles. The molecule has 0 radical (unpaired) electrons. The van der Waals surface area contributed by atoms with Crippen molar-refractivity contribution >= 4 is 13.7 Å². The lowest BCUT2D eigenvalue weighted by Crippen LogP contribution is -2.46. The normalized spacial score (nSPS) is 13.7. The van der Waals surface area contributed by atoms with Crippen molar-refractivity contribution in [2.24, 2.45) is 0 Å². The van der Waals surface area contributed by atoms with Gasteiger partial charge in [-0.1, -0.05) is 409 Å². The molecule has 8 nitrogen and oxygen atoms in total. The van der Waals surface area contributed by atoms with E-state index in [0.29, 0.717) is 23.9 Å². The highest BCUT2D eigenvalue weighted by molar-refractivity contribution is 7.47. The quantitative estimate of drug-likeness (QED) is 0.0243. The monoisotopic (exact) mass is 1300 g/mol. The summed E-state index contributed by atoms with van der Waals surface area (Å²) in [5.74, 6) is -0.134. The second kappa shape index (κ2) is 72.7. The molecule has 9 heteroatoms. The Hall–Kier alpha value is -1.54. The highest BCUT2D eigenvalue weighted by Crippen LogP contribution is 2.43. The Bertz CT molecular complexity index is 1630. The molecule has 0 rings (SSSR count). The molecule has 0 aliphatic carbocycles. The molecule has 1 amide bonds. The highest BCUT2D eigenvalue weighted by atomic mass is 31.2. The van der Waals surface area contributed by atoms with Gasteiger partial charge in [-0.2, -0.15) is 0 Å². The Morgan fingerprint density at radius 1 is 0.385 bits per heavy atom. The molecule has 3 N–H and O–H groups in total. The van der Waals surface area contributed by atoms with Crippen LogP contribution in [0.15, 0.2) is 48.6 Å². The molecular weight excluding hydrogens is 1140 g/mol. The number of unbranched alkanes of at least 4 members (excludes halogenated alkanes) is 55. The van der Waals surface area contributed by atoms with E-state index in [9.17, 15) is 19.4 Å². The largest absolute Gasteiger partial charge is 0.472 e. The lowest BCUT2D eigenvalue weighted by Gasteiger charge is -2.26. The Kier molecular flexibility index (Phi) is 71.5. The fourth-order valence-electron chi connectivity index (χ4n) is 12.6. The van der Waals surface area contributed by atoms with E-state index in [-0.39, 0.29) is 19.1 Å². The van der Waals surface area contributed by atoms with Crippen molar-refractivity contribution in [2.45, 2.75) is 431 Å². The number of quaternary nitrogens is 1. The van der Waals surface area contributed by atoms with Crippen molar-refractivity contribution in [2.75, 3.05) is 40.9 Å². The van der Waals surface area contributed by atoms with Crippen LogP contribution in [0, 0.1) is 0 Å². The SMILES string of the molecule is CC/C=C\C/C=C\C/C=C\C/C=C\CCCCCCCCCCCCCCCCCCCCCCCCCCCCCCC(=O)NC(COP(=O)(O)OCC[N+](C)(C)C)C(O)CCCCCCCCCCCCCCCCCCCCCCCCCCCCCC. The maximum absolute atomic E-state index is 13.1. The number of hydrogen-bond acceptors (Lipinski definition) is 5. The first-order chi connectivity index (χ1) is 44.5. The number of aliphatic hydroxyl groups is 1. The first-order valence-electron chi connectivity index (χ1n) is 40.5. The maximum Gasteiger partial charge on any atom is 0.472 e. The van der Waals surface area contributed by atoms with E-state index in [1.54, 1.807) is 0 Å². The highest BCUT2D eigenvalue weighted by Gasteiger charge is 2.28. The summed E-state index contributed by atoms with van der Waals surface area (Å²) in [7, 11) is 1.64. The van der Waals surface area contributed by atoms with Gasteiger partial charge in [-0.15, -0.1) is 0 Å². The Morgan fingerprint density at radius 2 is 0.659 bits per heavy atom.